The Morgan fingerprint density at radius 1 is 0.924 bits per heavy atom. The minimum Gasteiger partial charge on any atom is -0.488 e. The van der Waals surface area contributed by atoms with E-state index in [2.05, 4.69) is 70.0 Å². The summed E-state index contributed by atoms with van der Waals surface area (Å²) in [6.07, 6.45) is 14.5. The first kappa shape index (κ1) is 44.7. The number of carbonyl (C=O) groups is 4. The molecule has 4 N–H and O–H groups in total. The number of likely N-dealkylation sites (tertiary alicyclic amines) is 2. The van der Waals surface area contributed by atoms with E-state index in [1.165, 1.54) is 7.11 Å². The van der Waals surface area contributed by atoms with Crippen molar-refractivity contribution in [3.05, 3.63) is 90.2 Å². The molecule has 2 aromatic heterocycles. The summed E-state index contributed by atoms with van der Waals surface area (Å²) in [4.78, 5) is 73.9. The number of hydrogen-bond acceptors (Lipinski definition) is 9. The summed E-state index contributed by atoms with van der Waals surface area (Å²) >= 11 is 0. The summed E-state index contributed by atoms with van der Waals surface area (Å²) < 4.78 is 16.8. The lowest BCUT2D eigenvalue weighted by Gasteiger charge is -2.30. The highest BCUT2D eigenvalue weighted by Crippen LogP contribution is 2.44. The van der Waals surface area contributed by atoms with Crippen molar-refractivity contribution in [2.75, 3.05) is 33.9 Å². The number of aromatic amines is 2. The summed E-state index contributed by atoms with van der Waals surface area (Å²) in [7, 11) is 2.95. The van der Waals surface area contributed by atoms with Gasteiger partial charge in [-0.05, 0) is 97.2 Å². The fourth-order valence-corrected chi connectivity index (χ4v) is 9.83. The van der Waals surface area contributed by atoms with Crippen molar-refractivity contribution in [3.8, 4) is 28.1 Å². The molecule has 3 aromatic carbocycles. The van der Waals surface area contributed by atoms with Gasteiger partial charge in [0.1, 0.15) is 36.1 Å². The van der Waals surface area contributed by atoms with E-state index in [9.17, 15) is 19.2 Å². The number of methoxy groups -OCH3 is 2. The van der Waals surface area contributed by atoms with Gasteiger partial charge in [0.2, 0.25) is 17.7 Å². The molecule has 3 aliphatic heterocycles. The van der Waals surface area contributed by atoms with E-state index in [1.807, 2.05) is 54.1 Å². The fraction of sp³-hybridized carbons (Fsp3) is 0.451. The van der Waals surface area contributed by atoms with Gasteiger partial charge < -0.3 is 44.6 Å². The average Bonchev–Trinajstić information content (AvgIpc) is 3.68. The van der Waals surface area contributed by atoms with Gasteiger partial charge in [0.25, 0.3) is 0 Å². The van der Waals surface area contributed by atoms with Gasteiger partial charge in [0.05, 0.1) is 48.7 Å². The summed E-state index contributed by atoms with van der Waals surface area (Å²) in [5.41, 5.74) is 6.59. The molecule has 4 amide bonds. The predicted octanol–water partition coefficient (Wildman–Crippen LogP) is 8.05. The van der Waals surface area contributed by atoms with E-state index in [0.29, 0.717) is 45.0 Å². The van der Waals surface area contributed by atoms with Crippen LogP contribution in [0.2, 0.25) is 0 Å². The van der Waals surface area contributed by atoms with Gasteiger partial charge in [-0.3, -0.25) is 14.4 Å². The Bertz CT molecular complexity index is 2700. The molecule has 3 fully saturated rings. The maximum absolute atomic E-state index is 14.1. The van der Waals surface area contributed by atoms with Crippen LogP contribution in [0.25, 0.3) is 44.2 Å². The van der Waals surface area contributed by atoms with Crippen LogP contribution < -0.4 is 15.4 Å². The van der Waals surface area contributed by atoms with Crippen molar-refractivity contribution < 1.29 is 33.4 Å². The third kappa shape index (κ3) is 9.05. The quantitative estimate of drug-likeness (QED) is 0.0756. The summed E-state index contributed by atoms with van der Waals surface area (Å²) in [5, 5.41) is 7.77. The third-order valence-electron chi connectivity index (χ3n) is 13.5. The molecule has 1 unspecified atom stereocenters. The summed E-state index contributed by atoms with van der Waals surface area (Å²) in [6, 6.07) is 12.7. The van der Waals surface area contributed by atoms with E-state index >= 15 is 0 Å². The Kier molecular flexibility index (Phi) is 13.0. The second-order valence-corrected chi connectivity index (χ2v) is 18.4. The first-order valence-corrected chi connectivity index (χ1v) is 23.4. The standard InChI is InChI=1S/C51H60N8O7/c1-6-7-8-9-10-12-39(55-48(60)31-14-15-31)49(61)58-20-11-13-41(58)46-52-25-40(54-46)33-16-18-35-34(22-33)28-66-43-24-36-32(23-37(35)43)17-19-38-45(36)56-47(53-38)42-21-30(27-64-4)26-59(42)50(62)44(29(2)3)57-51(63)65-5/h7-10,16-19,22-25,29-31,39,41-42,44H,6,11-15,20-21,26-28H2,1-5H3,(H,52,54)(H,53,56)(H,55,60)(H,57,63)/b8-7-,10-9-/t30-,39?,41-,42-,44-/m0/s1. The van der Waals surface area contributed by atoms with Crippen molar-refractivity contribution in [1.29, 1.82) is 0 Å². The molecule has 0 radical (unpaired) electrons. The lowest BCUT2D eigenvalue weighted by Crippen LogP contribution is -2.51. The van der Waals surface area contributed by atoms with Crippen molar-refractivity contribution in [2.45, 2.75) is 96.5 Å². The molecular weight excluding hydrogens is 837 g/mol. The average molecular weight is 897 g/mol. The van der Waals surface area contributed by atoms with E-state index in [-0.39, 0.29) is 47.6 Å². The normalized spacial score (nSPS) is 20.2. The minimum absolute atomic E-state index is 0.0109. The molecule has 5 aromatic rings. The second kappa shape index (κ2) is 19.2. The lowest BCUT2D eigenvalue weighted by atomic mass is 9.92. The number of imidazole rings is 2. The molecule has 5 atom stereocenters. The van der Waals surface area contributed by atoms with Crippen LogP contribution >= 0.6 is 0 Å². The maximum atomic E-state index is 14.1. The highest BCUT2D eigenvalue weighted by atomic mass is 16.5. The Labute approximate surface area is 384 Å². The number of allylic oxidation sites excluding steroid dienone is 3. The molecule has 15 nitrogen and oxygen atoms in total. The van der Waals surface area contributed by atoms with E-state index in [4.69, 9.17) is 24.2 Å². The minimum atomic E-state index is -0.760. The van der Waals surface area contributed by atoms with Crippen LogP contribution in [0.4, 0.5) is 4.79 Å². The number of nitrogens with zero attached hydrogens (tertiary/aromatic N) is 4. The van der Waals surface area contributed by atoms with Crippen LogP contribution in [0.5, 0.6) is 5.75 Å². The van der Waals surface area contributed by atoms with E-state index in [0.717, 1.165) is 93.4 Å². The Morgan fingerprint density at radius 3 is 2.53 bits per heavy atom. The van der Waals surface area contributed by atoms with Crippen LogP contribution in [-0.2, 0) is 30.5 Å². The van der Waals surface area contributed by atoms with Gasteiger partial charge >= 0.3 is 6.09 Å². The number of aromatic nitrogens is 4. The highest BCUT2D eigenvalue weighted by molar-refractivity contribution is 6.07. The molecule has 1 aliphatic carbocycles. The van der Waals surface area contributed by atoms with Crippen LogP contribution in [0, 0.1) is 17.8 Å². The topological polar surface area (TPSA) is 184 Å². The second-order valence-electron chi connectivity index (χ2n) is 18.4. The largest absolute Gasteiger partial charge is 0.488 e. The van der Waals surface area contributed by atoms with Gasteiger partial charge in [-0.1, -0.05) is 63.3 Å². The monoisotopic (exact) mass is 896 g/mol. The molecule has 2 saturated heterocycles. The van der Waals surface area contributed by atoms with Crippen LogP contribution in [0.3, 0.4) is 0 Å². The molecule has 4 aliphatic rings. The number of benzene rings is 3. The number of rotatable bonds is 15. The number of carbonyl (C=O) groups excluding carboxylic acids is 4. The molecule has 15 heteroatoms. The van der Waals surface area contributed by atoms with Gasteiger partial charge in [0.15, 0.2) is 0 Å². The number of hydrogen-bond donors (Lipinski definition) is 4. The lowest BCUT2D eigenvalue weighted by molar-refractivity contribution is -0.137. The maximum Gasteiger partial charge on any atom is 0.407 e. The van der Waals surface area contributed by atoms with Gasteiger partial charge in [-0.15, -0.1) is 0 Å². The van der Waals surface area contributed by atoms with E-state index < -0.39 is 18.2 Å². The third-order valence-corrected chi connectivity index (χ3v) is 13.5. The number of alkyl carbamates (subject to hydrolysis) is 1. The first-order chi connectivity index (χ1) is 32.0. The van der Waals surface area contributed by atoms with Crippen LogP contribution in [0.1, 0.15) is 95.0 Å². The summed E-state index contributed by atoms with van der Waals surface area (Å²) in [6.45, 7) is 7.84. The summed E-state index contributed by atoms with van der Waals surface area (Å²) in [5.74, 6) is 1.84. The molecule has 0 bridgehead atoms. The van der Waals surface area contributed by atoms with Crippen molar-refractivity contribution in [1.82, 2.24) is 40.4 Å². The van der Waals surface area contributed by atoms with Gasteiger partial charge in [-0.2, -0.15) is 0 Å². The molecule has 66 heavy (non-hydrogen) atoms. The molecule has 346 valence electrons. The van der Waals surface area contributed by atoms with Crippen molar-refractivity contribution >= 4 is 45.6 Å². The fourth-order valence-electron chi connectivity index (χ4n) is 9.83. The van der Waals surface area contributed by atoms with E-state index in [1.54, 1.807) is 7.11 Å². The number of nitrogens with one attached hydrogen (secondary N) is 4. The number of amides is 4. The Balaban J connectivity index is 0.943. The van der Waals surface area contributed by atoms with Crippen LogP contribution in [-0.4, -0.2) is 99.6 Å². The highest BCUT2D eigenvalue weighted by Gasteiger charge is 2.42. The zero-order valence-electron chi connectivity index (χ0n) is 38.4. The van der Waals surface area contributed by atoms with Crippen LogP contribution in [0.15, 0.2) is 73.0 Å². The number of ether oxygens (including phenoxy) is 3. The van der Waals surface area contributed by atoms with Crippen molar-refractivity contribution in [3.63, 3.8) is 0 Å². The number of fused-ring (bicyclic) bond motifs is 6. The molecule has 1 saturated carbocycles. The zero-order valence-corrected chi connectivity index (χ0v) is 38.4. The Morgan fingerprint density at radius 2 is 1.76 bits per heavy atom. The molecule has 9 rings (SSSR count). The zero-order chi connectivity index (χ0) is 46.1. The smallest absolute Gasteiger partial charge is 0.407 e. The van der Waals surface area contributed by atoms with Crippen molar-refractivity contribution in [2.24, 2.45) is 17.8 Å². The predicted molar refractivity (Wildman–Crippen MR) is 251 cm³/mol. The SMILES string of the molecule is CC/C=C\C=C/CC(NC(=O)C1CC1)C(=O)N1CCC[C@H]1c1ncc(-c2ccc3c(c2)COc2cc4c(ccc5nc([C@@H]6C[C@H](COC)CN6C(=O)[C@@H](NC(=O)OC)C(C)C)[nH]c54)cc2-3)[nH]1. The van der Waals surface area contributed by atoms with Gasteiger partial charge in [-0.25, -0.2) is 14.8 Å². The Hall–Kier alpha value is -6.48. The molecular formula is C51H60N8O7. The number of H-pyrrole nitrogens is 2. The first-order valence-electron chi connectivity index (χ1n) is 23.4. The van der Waals surface area contributed by atoms with Gasteiger partial charge in [0, 0.05) is 43.0 Å². The molecule has 0 spiro atoms. The molecule has 5 heterocycles.